The molecule has 0 bridgehead atoms. The van der Waals surface area contributed by atoms with Crippen LogP contribution in [0.25, 0.3) is 10.4 Å². The lowest BCUT2D eigenvalue weighted by molar-refractivity contribution is 0.579. The van der Waals surface area contributed by atoms with Gasteiger partial charge in [-0.05, 0) is 18.5 Å². The first-order valence-electron chi connectivity index (χ1n) is 7.28. The van der Waals surface area contributed by atoms with Gasteiger partial charge in [0.1, 0.15) is 0 Å². The quantitative estimate of drug-likeness (QED) is 0.813. The Hall–Kier alpha value is -1.19. The van der Waals surface area contributed by atoms with E-state index in [4.69, 9.17) is 4.98 Å². The Bertz CT molecular complexity index is 538. The minimum Gasteiger partial charge on any atom is -0.311 e. The number of nitrogens with one attached hydrogen (secondary N) is 1. The number of rotatable bonds is 5. The van der Waals surface area contributed by atoms with Crippen molar-refractivity contribution >= 4 is 11.3 Å². The average molecular weight is 288 g/mol. The maximum atomic E-state index is 4.89. The molecule has 1 heterocycles. The van der Waals surface area contributed by atoms with Gasteiger partial charge in [0.25, 0.3) is 0 Å². The molecule has 0 aliphatic rings. The lowest BCUT2D eigenvalue weighted by Crippen LogP contribution is -2.15. The van der Waals surface area contributed by atoms with Crippen LogP contribution in [-0.4, -0.2) is 11.5 Å². The third kappa shape index (κ3) is 3.68. The summed E-state index contributed by atoms with van der Waals surface area (Å²) in [5.74, 6) is 0. The van der Waals surface area contributed by atoms with E-state index in [1.807, 2.05) is 11.3 Å². The van der Waals surface area contributed by atoms with Gasteiger partial charge in [0.05, 0.1) is 15.6 Å². The molecule has 0 saturated heterocycles. The highest BCUT2D eigenvalue weighted by Crippen LogP contribution is 2.35. The highest BCUT2D eigenvalue weighted by molar-refractivity contribution is 7.15. The SMILES string of the molecule is CCCNCc1nc(C(C)(C)C)sc1-c1ccccc1. The van der Waals surface area contributed by atoms with Crippen LogP contribution in [-0.2, 0) is 12.0 Å². The zero-order valence-corrected chi connectivity index (χ0v) is 13.7. The van der Waals surface area contributed by atoms with Gasteiger partial charge in [-0.3, -0.25) is 0 Å². The lowest BCUT2D eigenvalue weighted by Gasteiger charge is -2.13. The van der Waals surface area contributed by atoms with Crippen LogP contribution in [0.5, 0.6) is 0 Å². The maximum Gasteiger partial charge on any atom is 0.0988 e. The van der Waals surface area contributed by atoms with E-state index in [1.54, 1.807) is 0 Å². The Kier molecular flexibility index (Phi) is 4.95. The molecule has 0 fully saturated rings. The summed E-state index contributed by atoms with van der Waals surface area (Å²) in [7, 11) is 0. The van der Waals surface area contributed by atoms with Crippen molar-refractivity contribution < 1.29 is 0 Å². The second-order valence-electron chi connectivity index (χ2n) is 6.09. The lowest BCUT2D eigenvalue weighted by atomic mass is 9.98. The topological polar surface area (TPSA) is 24.9 Å². The van der Waals surface area contributed by atoms with Crippen LogP contribution in [0.4, 0.5) is 0 Å². The zero-order valence-electron chi connectivity index (χ0n) is 12.9. The summed E-state index contributed by atoms with van der Waals surface area (Å²) in [6, 6.07) is 10.6. The molecular weight excluding hydrogens is 264 g/mol. The second kappa shape index (κ2) is 6.51. The molecule has 0 radical (unpaired) electrons. The van der Waals surface area contributed by atoms with E-state index in [0.717, 1.165) is 19.5 Å². The van der Waals surface area contributed by atoms with Gasteiger partial charge in [0, 0.05) is 12.0 Å². The van der Waals surface area contributed by atoms with E-state index in [2.05, 4.69) is 63.3 Å². The van der Waals surface area contributed by atoms with Crippen molar-refractivity contribution in [1.29, 1.82) is 0 Å². The van der Waals surface area contributed by atoms with Crippen molar-refractivity contribution in [2.45, 2.75) is 46.1 Å². The normalized spacial score (nSPS) is 11.8. The Balaban J connectivity index is 2.35. The molecule has 0 unspecified atom stereocenters. The van der Waals surface area contributed by atoms with Gasteiger partial charge >= 0.3 is 0 Å². The van der Waals surface area contributed by atoms with Crippen LogP contribution >= 0.6 is 11.3 Å². The van der Waals surface area contributed by atoms with Crippen LogP contribution in [0.15, 0.2) is 30.3 Å². The Morgan fingerprint density at radius 1 is 1.15 bits per heavy atom. The smallest absolute Gasteiger partial charge is 0.0988 e. The molecule has 3 heteroatoms. The number of thiazole rings is 1. The molecule has 2 aromatic rings. The van der Waals surface area contributed by atoms with Crippen LogP contribution in [0.3, 0.4) is 0 Å². The van der Waals surface area contributed by atoms with E-state index < -0.39 is 0 Å². The second-order valence-corrected chi connectivity index (χ2v) is 7.09. The fraction of sp³-hybridized carbons (Fsp3) is 0.471. The molecule has 0 spiro atoms. The molecule has 0 aliphatic heterocycles. The first-order valence-corrected chi connectivity index (χ1v) is 8.10. The molecule has 0 amide bonds. The maximum absolute atomic E-state index is 4.89. The van der Waals surface area contributed by atoms with Crippen LogP contribution < -0.4 is 5.32 Å². The number of nitrogens with zero attached hydrogens (tertiary/aromatic N) is 1. The van der Waals surface area contributed by atoms with Crippen LogP contribution in [0, 0.1) is 0 Å². The summed E-state index contributed by atoms with van der Waals surface area (Å²) >= 11 is 1.83. The minimum atomic E-state index is 0.108. The summed E-state index contributed by atoms with van der Waals surface area (Å²) in [6.45, 7) is 10.8. The molecule has 108 valence electrons. The predicted octanol–water partition coefficient (Wildman–Crippen LogP) is 4.61. The van der Waals surface area contributed by atoms with Gasteiger partial charge in [-0.2, -0.15) is 0 Å². The molecule has 2 nitrogen and oxygen atoms in total. The van der Waals surface area contributed by atoms with Crippen LogP contribution in [0.2, 0.25) is 0 Å². The fourth-order valence-electron chi connectivity index (χ4n) is 1.99. The summed E-state index contributed by atoms with van der Waals surface area (Å²) in [4.78, 5) is 6.19. The first-order chi connectivity index (χ1) is 9.52. The molecule has 20 heavy (non-hydrogen) atoms. The summed E-state index contributed by atoms with van der Waals surface area (Å²) in [5, 5.41) is 4.68. The Morgan fingerprint density at radius 3 is 2.45 bits per heavy atom. The number of aromatic nitrogens is 1. The summed E-state index contributed by atoms with van der Waals surface area (Å²) < 4.78 is 0. The highest BCUT2D eigenvalue weighted by atomic mass is 32.1. The summed E-state index contributed by atoms with van der Waals surface area (Å²) in [5.41, 5.74) is 2.56. The van der Waals surface area contributed by atoms with Crippen molar-refractivity contribution in [2.24, 2.45) is 0 Å². The van der Waals surface area contributed by atoms with Crippen molar-refractivity contribution in [3.8, 4) is 10.4 Å². The third-order valence-electron chi connectivity index (χ3n) is 3.09. The van der Waals surface area contributed by atoms with Gasteiger partial charge in [-0.25, -0.2) is 4.98 Å². The third-order valence-corrected chi connectivity index (χ3v) is 4.67. The van der Waals surface area contributed by atoms with E-state index in [9.17, 15) is 0 Å². The number of hydrogen-bond acceptors (Lipinski definition) is 3. The highest BCUT2D eigenvalue weighted by Gasteiger charge is 2.21. The summed E-state index contributed by atoms with van der Waals surface area (Å²) in [6.07, 6.45) is 1.15. The molecule has 1 aromatic heterocycles. The van der Waals surface area contributed by atoms with Gasteiger partial charge in [-0.1, -0.05) is 58.0 Å². The zero-order chi connectivity index (χ0) is 14.6. The van der Waals surface area contributed by atoms with E-state index in [-0.39, 0.29) is 5.41 Å². The molecule has 0 aliphatic carbocycles. The minimum absolute atomic E-state index is 0.108. The van der Waals surface area contributed by atoms with Gasteiger partial charge in [0.15, 0.2) is 0 Å². The van der Waals surface area contributed by atoms with Crippen molar-refractivity contribution in [2.75, 3.05) is 6.54 Å². The molecule has 0 saturated carbocycles. The van der Waals surface area contributed by atoms with E-state index in [1.165, 1.54) is 21.1 Å². The monoisotopic (exact) mass is 288 g/mol. The van der Waals surface area contributed by atoms with Gasteiger partial charge in [-0.15, -0.1) is 11.3 Å². The van der Waals surface area contributed by atoms with Crippen molar-refractivity contribution in [3.05, 3.63) is 41.0 Å². The molecular formula is C17H24N2S. The molecule has 1 N–H and O–H groups in total. The predicted molar refractivity (Wildman–Crippen MR) is 88.2 cm³/mol. The number of benzene rings is 1. The molecule has 2 rings (SSSR count). The fourth-order valence-corrected chi connectivity index (χ4v) is 3.14. The number of hydrogen-bond donors (Lipinski definition) is 1. The van der Waals surface area contributed by atoms with Crippen LogP contribution in [0.1, 0.15) is 44.8 Å². The average Bonchev–Trinajstić information content (AvgIpc) is 2.84. The van der Waals surface area contributed by atoms with E-state index in [0.29, 0.717) is 0 Å². The van der Waals surface area contributed by atoms with Gasteiger partial charge in [0.2, 0.25) is 0 Å². The van der Waals surface area contributed by atoms with Crippen molar-refractivity contribution in [3.63, 3.8) is 0 Å². The molecule has 0 atom stereocenters. The Labute approximate surface area is 126 Å². The van der Waals surface area contributed by atoms with E-state index >= 15 is 0 Å². The Morgan fingerprint density at radius 2 is 1.85 bits per heavy atom. The largest absolute Gasteiger partial charge is 0.311 e. The van der Waals surface area contributed by atoms with Crippen molar-refractivity contribution in [1.82, 2.24) is 10.3 Å². The van der Waals surface area contributed by atoms with Gasteiger partial charge < -0.3 is 5.32 Å². The molecule has 1 aromatic carbocycles. The first kappa shape index (κ1) is 15.2. The standard InChI is InChI=1S/C17H24N2S/c1-5-11-18-12-14-15(13-9-7-6-8-10-13)20-16(19-14)17(2,3)4/h6-10,18H,5,11-12H2,1-4H3.